The van der Waals surface area contributed by atoms with Gasteiger partial charge in [0, 0.05) is 18.1 Å². The predicted molar refractivity (Wildman–Crippen MR) is 92.5 cm³/mol. The van der Waals surface area contributed by atoms with Gasteiger partial charge < -0.3 is 10.6 Å². The number of nitrogens with zero attached hydrogens (tertiary/aromatic N) is 2. The van der Waals surface area contributed by atoms with Crippen LogP contribution in [0.2, 0.25) is 5.02 Å². The first kappa shape index (κ1) is 20.6. The van der Waals surface area contributed by atoms with Gasteiger partial charge >= 0.3 is 6.18 Å². The Morgan fingerprint density at radius 1 is 1.38 bits per heavy atom. The summed E-state index contributed by atoms with van der Waals surface area (Å²) in [5, 5.41) is 6.96. The summed E-state index contributed by atoms with van der Waals surface area (Å²) in [6, 6.07) is 7.44. The van der Waals surface area contributed by atoms with Gasteiger partial charge in [0.2, 0.25) is 0 Å². The fourth-order valence-electron chi connectivity index (χ4n) is 2.10. The van der Waals surface area contributed by atoms with Crippen molar-refractivity contribution in [2.45, 2.75) is 26.1 Å². The lowest BCUT2D eigenvalue weighted by atomic mass is 10.1. The summed E-state index contributed by atoms with van der Waals surface area (Å²) in [5.41, 5.74) is 1.00. The number of nitrogens with one attached hydrogen (secondary N) is 2. The summed E-state index contributed by atoms with van der Waals surface area (Å²) in [7, 11) is 1.43. The summed E-state index contributed by atoms with van der Waals surface area (Å²) in [4.78, 5) is 5.53. The maximum Gasteiger partial charge on any atom is 0.401 e. The van der Waals surface area contributed by atoms with Gasteiger partial charge in [0.1, 0.15) is 0 Å². The quantitative estimate of drug-likeness (QED) is 0.575. The molecule has 4 nitrogen and oxygen atoms in total. The van der Waals surface area contributed by atoms with Gasteiger partial charge in [-0.1, -0.05) is 23.7 Å². The lowest BCUT2D eigenvalue weighted by Gasteiger charge is -2.20. The van der Waals surface area contributed by atoms with Crippen molar-refractivity contribution in [1.29, 1.82) is 0 Å². The van der Waals surface area contributed by atoms with E-state index >= 15 is 0 Å². The van der Waals surface area contributed by atoms with Gasteiger partial charge in [0.15, 0.2) is 5.96 Å². The molecule has 1 rings (SSSR count). The number of alkyl halides is 3. The standard InChI is InChI=1S/C16H24ClF3N4/c1-4-21-15(22-8-9-24(3)11-16(18,19)20)23-12(2)13-6-5-7-14(17)10-13/h5-7,10,12H,4,8-9,11H2,1-3H3,(H2,21,22,23). The number of hydrogen-bond acceptors (Lipinski definition) is 2. The molecule has 0 heterocycles. The van der Waals surface area contributed by atoms with Crippen LogP contribution in [0.15, 0.2) is 29.3 Å². The molecular weight excluding hydrogens is 341 g/mol. The molecule has 0 radical (unpaired) electrons. The Kier molecular flexibility index (Phi) is 8.35. The zero-order chi connectivity index (χ0) is 18.2. The molecule has 1 unspecified atom stereocenters. The van der Waals surface area contributed by atoms with Crippen molar-refractivity contribution in [2.75, 3.05) is 33.2 Å². The molecule has 0 amide bonds. The molecular formula is C16H24ClF3N4. The molecule has 24 heavy (non-hydrogen) atoms. The molecule has 0 aromatic heterocycles. The van der Waals surface area contributed by atoms with Gasteiger partial charge in [-0.3, -0.25) is 9.89 Å². The second-order valence-corrected chi connectivity index (χ2v) is 5.97. The van der Waals surface area contributed by atoms with Crippen molar-refractivity contribution >= 4 is 17.6 Å². The summed E-state index contributed by atoms with van der Waals surface area (Å²) in [6.07, 6.45) is -4.19. The largest absolute Gasteiger partial charge is 0.401 e. The van der Waals surface area contributed by atoms with Gasteiger partial charge in [-0.2, -0.15) is 13.2 Å². The lowest BCUT2D eigenvalue weighted by molar-refractivity contribution is -0.142. The normalized spacial score (nSPS) is 13.9. The van der Waals surface area contributed by atoms with Crippen LogP contribution in [0.1, 0.15) is 25.5 Å². The Morgan fingerprint density at radius 2 is 2.08 bits per heavy atom. The Balaban J connectivity index is 2.59. The highest BCUT2D eigenvalue weighted by Gasteiger charge is 2.28. The summed E-state index contributed by atoms with van der Waals surface area (Å²) < 4.78 is 36.9. The number of hydrogen-bond donors (Lipinski definition) is 2. The van der Waals surface area contributed by atoms with Crippen LogP contribution in [0, 0.1) is 0 Å². The van der Waals surface area contributed by atoms with Crippen LogP contribution < -0.4 is 10.6 Å². The highest BCUT2D eigenvalue weighted by Crippen LogP contribution is 2.17. The highest BCUT2D eigenvalue weighted by atomic mass is 35.5. The van der Waals surface area contributed by atoms with Gasteiger partial charge in [0.05, 0.1) is 19.1 Å². The zero-order valence-corrected chi connectivity index (χ0v) is 14.9. The maximum absolute atomic E-state index is 12.3. The number of benzene rings is 1. The van der Waals surface area contributed by atoms with Gasteiger partial charge in [-0.05, 0) is 38.6 Å². The third-order valence-corrected chi connectivity index (χ3v) is 3.48. The first-order valence-corrected chi connectivity index (χ1v) is 8.14. The molecule has 0 saturated heterocycles. The van der Waals surface area contributed by atoms with E-state index in [0.717, 1.165) is 5.56 Å². The van der Waals surface area contributed by atoms with E-state index in [4.69, 9.17) is 11.6 Å². The first-order valence-electron chi connectivity index (χ1n) is 7.77. The lowest BCUT2D eigenvalue weighted by Crippen LogP contribution is -2.39. The minimum absolute atomic E-state index is 0.0330. The number of aliphatic imine (C=N–C) groups is 1. The number of guanidine groups is 1. The van der Waals surface area contributed by atoms with Crippen molar-refractivity contribution < 1.29 is 13.2 Å². The Labute approximate surface area is 146 Å². The molecule has 0 saturated carbocycles. The third kappa shape index (κ3) is 8.40. The SMILES string of the molecule is CCNC(=NCCN(C)CC(F)(F)F)NC(C)c1cccc(Cl)c1. The van der Waals surface area contributed by atoms with Crippen LogP contribution in [0.3, 0.4) is 0 Å². The smallest absolute Gasteiger partial charge is 0.357 e. The van der Waals surface area contributed by atoms with E-state index in [-0.39, 0.29) is 19.1 Å². The van der Waals surface area contributed by atoms with E-state index in [1.807, 2.05) is 32.0 Å². The third-order valence-electron chi connectivity index (χ3n) is 3.25. The van der Waals surface area contributed by atoms with Crippen LogP contribution in [-0.2, 0) is 0 Å². The molecule has 136 valence electrons. The molecule has 0 fully saturated rings. The molecule has 8 heteroatoms. The van der Waals surface area contributed by atoms with E-state index in [0.29, 0.717) is 17.5 Å². The predicted octanol–water partition coefficient (Wildman–Crippen LogP) is 3.45. The van der Waals surface area contributed by atoms with Crippen molar-refractivity contribution in [1.82, 2.24) is 15.5 Å². The van der Waals surface area contributed by atoms with Crippen LogP contribution >= 0.6 is 11.6 Å². The van der Waals surface area contributed by atoms with E-state index in [2.05, 4.69) is 15.6 Å². The minimum atomic E-state index is -4.19. The molecule has 0 bridgehead atoms. The molecule has 1 aromatic rings. The Bertz CT molecular complexity index is 534. The van der Waals surface area contributed by atoms with Crippen LogP contribution in [0.25, 0.3) is 0 Å². The Hall–Kier alpha value is -1.47. The number of rotatable bonds is 7. The van der Waals surface area contributed by atoms with Crippen molar-refractivity contribution in [3.8, 4) is 0 Å². The summed E-state index contributed by atoms with van der Waals surface area (Å²) in [6.45, 7) is 4.11. The summed E-state index contributed by atoms with van der Waals surface area (Å²) in [5.74, 6) is 0.561. The Morgan fingerprint density at radius 3 is 2.67 bits per heavy atom. The van der Waals surface area contributed by atoms with Crippen molar-refractivity contribution in [3.63, 3.8) is 0 Å². The maximum atomic E-state index is 12.3. The first-order chi connectivity index (χ1) is 11.2. The molecule has 0 aliphatic heterocycles. The fourth-order valence-corrected chi connectivity index (χ4v) is 2.30. The van der Waals surface area contributed by atoms with E-state index in [9.17, 15) is 13.2 Å². The van der Waals surface area contributed by atoms with Crippen LogP contribution in [0.4, 0.5) is 13.2 Å². The molecule has 2 N–H and O–H groups in total. The molecule has 0 aliphatic carbocycles. The van der Waals surface area contributed by atoms with Gasteiger partial charge in [0.25, 0.3) is 0 Å². The van der Waals surface area contributed by atoms with Gasteiger partial charge in [-0.15, -0.1) is 0 Å². The van der Waals surface area contributed by atoms with E-state index < -0.39 is 12.7 Å². The molecule has 0 aliphatic rings. The monoisotopic (exact) mass is 364 g/mol. The van der Waals surface area contributed by atoms with E-state index in [1.54, 1.807) is 6.07 Å². The van der Waals surface area contributed by atoms with Crippen LogP contribution in [0.5, 0.6) is 0 Å². The van der Waals surface area contributed by atoms with Crippen molar-refractivity contribution in [2.24, 2.45) is 4.99 Å². The average Bonchev–Trinajstić information content (AvgIpc) is 2.45. The molecule has 0 spiro atoms. The van der Waals surface area contributed by atoms with Crippen LogP contribution in [-0.4, -0.2) is 50.3 Å². The van der Waals surface area contributed by atoms with E-state index in [1.165, 1.54) is 11.9 Å². The highest BCUT2D eigenvalue weighted by molar-refractivity contribution is 6.30. The second kappa shape index (κ2) is 9.74. The second-order valence-electron chi connectivity index (χ2n) is 5.53. The summed E-state index contributed by atoms with van der Waals surface area (Å²) >= 11 is 5.99. The molecule has 1 aromatic carbocycles. The minimum Gasteiger partial charge on any atom is -0.357 e. The average molecular weight is 365 g/mol. The molecule has 1 atom stereocenters. The zero-order valence-electron chi connectivity index (χ0n) is 14.1. The van der Waals surface area contributed by atoms with Gasteiger partial charge in [-0.25, -0.2) is 0 Å². The number of halogens is 4. The topological polar surface area (TPSA) is 39.7 Å². The fraction of sp³-hybridized carbons (Fsp3) is 0.562. The number of likely N-dealkylation sites (N-methyl/N-ethyl adjacent to an activating group) is 1. The van der Waals surface area contributed by atoms with Crippen molar-refractivity contribution in [3.05, 3.63) is 34.9 Å².